The summed E-state index contributed by atoms with van der Waals surface area (Å²) < 4.78 is 12.4. The molecule has 1 aromatic carbocycles. The Morgan fingerprint density at radius 2 is 2.07 bits per heavy atom. The number of pyridine rings is 1. The molecule has 0 atom stereocenters. The first-order valence-electron chi connectivity index (χ1n) is 8.55. The maximum absolute atomic E-state index is 12.2. The molecule has 0 saturated heterocycles. The van der Waals surface area contributed by atoms with E-state index in [0.717, 1.165) is 10.9 Å². The molecule has 0 fully saturated rings. The van der Waals surface area contributed by atoms with Crippen molar-refractivity contribution in [2.24, 2.45) is 0 Å². The van der Waals surface area contributed by atoms with Crippen molar-refractivity contribution in [1.29, 1.82) is 0 Å². The third-order valence-corrected chi connectivity index (χ3v) is 4.06. The van der Waals surface area contributed by atoms with Crippen LogP contribution in [0.1, 0.15) is 5.56 Å². The summed E-state index contributed by atoms with van der Waals surface area (Å²) >= 11 is 0. The monoisotopic (exact) mass is 376 g/mol. The molecule has 0 aliphatic heterocycles. The van der Waals surface area contributed by atoms with E-state index in [1.165, 1.54) is 6.07 Å². The number of amides is 1. The zero-order valence-electron chi connectivity index (χ0n) is 14.7. The SMILES string of the molecule is O=C(COc1ccc2ccc(=O)oc2c1)NCc1cccnc1-n1ccnc1. The summed E-state index contributed by atoms with van der Waals surface area (Å²) in [5.74, 6) is 0.860. The fourth-order valence-electron chi connectivity index (χ4n) is 2.71. The summed E-state index contributed by atoms with van der Waals surface area (Å²) in [6.07, 6.45) is 6.78. The molecule has 3 aromatic heterocycles. The first kappa shape index (κ1) is 17.5. The summed E-state index contributed by atoms with van der Waals surface area (Å²) in [5.41, 5.74) is 0.819. The number of carbonyl (C=O) groups is 1. The highest BCUT2D eigenvalue weighted by molar-refractivity contribution is 5.79. The lowest BCUT2D eigenvalue weighted by Gasteiger charge is -2.11. The van der Waals surface area contributed by atoms with E-state index < -0.39 is 5.63 Å². The van der Waals surface area contributed by atoms with Crippen LogP contribution in [0, 0.1) is 0 Å². The standard InChI is InChI=1S/C20H16N4O4/c25-18(12-27-16-5-3-14-4-6-19(26)28-17(14)10-16)23-11-15-2-1-7-22-20(15)24-9-8-21-13-24/h1-10,13H,11-12H2,(H,23,25). The number of fused-ring (bicyclic) bond motifs is 1. The Labute approximate surface area is 159 Å². The number of imidazole rings is 1. The van der Waals surface area contributed by atoms with E-state index in [4.69, 9.17) is 9.15 Å². The highest BCUT2D eigenvalue weighted by Gasteiger charge is 2.09. The van der Waals surface area contributed by atoms with Crippen LogP contribution in [-0.2, 0) is 11.3 Å². The summed E-state index contributed by atoms with van der Waals surface area (Å²) in [6, 6.07) is 11.8. The van der Waals surface area contributed by atoms with Crippen LogP contribution in [0.2, 0.25) is 0 Å². The normalized spacial score (nSPS) is 10.7. The van der Waals surface area contributed by atoms with Gasteiger partial charge in [0.2, 0.25) is 0 Å². The average molecular weight is 376 g/mol. The van der Waals surface area contributed by atoms with Crippen molar-refractivity contribution >= 4 is 16.9 Å². The highest BCUT2D eigenvalue weighted by atomic mass is 16.5. The number of aromatic nitrogens is 3. The minimum atomic E-state index is -0.437. The maximum Gasteiger partial charge on any atom is 0.336 e. The summed E-state index contributed by atoms with van der Waals surface area (Å²) in [4.78, 5) is 31.8. The average Bonchev–Trinajstić information content (AvgIpc) is 3.25. The molecule has 0 aliphatic carbocycles. The Morgan fingerprint density at radius 1 is 1.18 bits per heavy atom. The molecule has 140 valence electrons. The van der Waals surface area contributed by atoms with Gasteiger partial charge in [0.15, 0.2) is 6.61 Å². The van der Waals surface area contributed by atoms with E-state index >= 15 is 0 Å². The molecule has 3 heterocycles. The minimum Gasteiger partial charge on any atom is -0.484 e. The van der Waals surface area contributed by atoms with Gasteiger partial charge < -0.3 is 14.5 Å². The van der Waals surface area contributed by atoms with Crippen molar-refractivity contribution in [1.82, 2.24) is 19.9 Å². The van der Waals surface area contributed by atoms with Crippen LogP contribution in [0.4, 0.5) is 0 Å². The first-order chi connectivity index (χ1) is 13.7. The number of hydrogen-bond acceptors (Lipinski definition) is 6. The van der Waals surface area contributed by atoms with E-state index in [9.17, 15) is 9.59 Å². The van der Waals surface area contributed by atoms with Crippen LogP contribution >= 0.6 is 0 Å². The number of benzene rings is 1. The Hall–Kier alpha value is -3.94. The van der Waals surface area contributed by atoms with Gasteiger partial charge in [-0.25, -0.2) is 14.8 Å². The van der Waals surface area contributed by atoms with E-state index in [2.05, 4.69) is 15.3 Å². The molecular weight excluding hydrogens is 360 g/mol. The van der Waals surface area contributed by atoms with E-state index in [0.29, 0.717) is 23.7 Å². The first-order valence-corrected chi connectivity index (χ1v) is 8.55. The van der Waals surface area contributed by atoms with Gasteiger partial charge in [0, 0.05) is 48.2 Å². The molecule has 1 amide bonds. The fraction of sp³-hybridized carbons (Fsp3) is 0.100. The molecule has 0 bridgehead atoms. The second-order valence-electron chi connectivity index (χ2n) is 5.98. The Bertz CT molecular complexity index is 1170. The van der Waals surface area contributed by atoms with Gasteiger partial charge in [0.25, 0.3) is 5.91 Å². The van der Waals surface area contributed by atoms with Gasteiger partial charge in [-0.2, -0.15) is 0 Å². The second kappa shape index (κ2) is 7.75. The van der Waals surface area contributed by atoms with Gasteiger partial charge in [-0.1, -0.05) is 6.07 Å². The number of hydrogen-bond donors (Lipinski definition) is 1. The molecule has 28 heavy (non-hydrogen) atoms. The molecule has 0 aliphatic rings. The van der Waals surface area contributed by atoms with Crippen molar-refractivity contribution < 1.29 is 13.9 Å². The predicted molar refractivity (Wildman–Crippen MR) is 101 cm³/mol. The molecule has 4 rings (SSSR count). The second-order valence-corrected chi connectivity index (χ2v) is 5.98. The fourth-order valence-corrected chi connectivity index (χ4v) is 2.71. The van der Waals surface area contributed by atoms with Gasteiger partial charge in [-0.15, -0.1) is 0 Å². The van der Waals surface area contributed by atoms with Crippen LogP contribution in [0.5, 0.6) is 5.75 Å². The molecule has 8 heteroatoms. The van der Waals surface area contributed by atoms with Crippen LogP contribution in [0.3, 0.4) is 0 Å². The Kier molecular flexibility index (Phi) is 4.83. The third-order valence-electron chi connectivity index (χ3n) is 4.06. The molecule has 0 radical (unpaired) electrons. The Balaban J connectivity index is 1.37. The summed E-state index contributed by atoms with van der Waals surface area (Å²) in [6.45, 7) is 0.138. The van der Waals surface area contributed by atoms with Gasteiger partial charge in [0.05, 0.1) is 0 Å². The minimum absolute atomic E-state index is 0.163. The van der Waals surface area contributed by atoms with Gasteiger partial charge in [-0.05, 0) is 24.3 Å². The smallest absolute Gasteiger partial charge is 0.336 e. The van der Waals surface area contributed by atoms with Gasteiger partial charge in [0.1, 0.15) is 23.5 Å². The topological polar surface area (TPSA) is 99.3 Å². The zero-order valence-corrected chi connectivity index (χ0v) is 14.7. The van der Waals surface area contributed by atoms with E-state index in [1.807, 2.05) is 6.07 Å². The third kappa shape index (κ3) is 3.90. The number of rotatable bonds is 6. The molecule has 4 aromatic rings. The molecule has 0 spiro atoms. The Morgan fingerprint density at radius 3 is 2.93 bits per heavy atom. The van der Waals surface area contributed by atoms with Crippen LogP contribution < -0.4 is 15.7 Å². The maximum atomic E-state index is 12.2. The lowest BCUT2D eigenvalue weighted by Crippen LogP contribution is -2.28. The van der Waals surface area contributed by atoms with E-state index in [1.54, 1.807) is 59.8 Å². The quantitative estimate of drug-likeness (QED) is 0.517. The molecule has 0 unspecified atom stereocenters. The molecule has 0 saturated carbocycles. The summed E-state index contributed by atoms with van der Waals surface area (Å²) in [5, 5.41) is 3.58. The number of ether oxygens (including phenoxy) is 1. The van der Waals surface area contributed by atoms with E-state index in [-0.39, 0.29) is 12.5 Å². The van der Waals surface area contributed by atoms with Crippen molar-refractivity contribution in [3.63, 3.8) is 0 Å². The molecule has 8 nitrogen and oxygen atoms in total. The molecule has 1 N–H and O–H groups in total. The predicted octanol–water partition coefficient (Wildman–Crippen LogP) is 2.07. The van der Waals surface area contributed by atoms with Gasteiger partial charge >= 0.3 is 5.63 Å². The van der Waals surface area contributed by atoms with Crippen molar-refractivity contribution in [3.05, 3.63) is 83.4 Å². The number of carbonyl (C=O) groups excluding carboxylic acids is 1. The number of nitrogens with one attached hydrogen (secondary N) is 1. The lowest BCUT2D eigenvalue weighted by atomic mass is 10.2. The zero-order chi connectivity index (χ0) is 19.3. The van der Waals surface area contributed by atoms with Crippen molar-refractivity contribution in [2.45, 2.75) is 6.54 Å². The van der Waals surface area contributed by atoms with Crippen LogP contribution in [0.15, 0.2) is 76.6 Å². The van der Waals surface area contributed by atoms with Crippen molar-refractivity contribution in [2.75, 3.05) is 6.61 Å². The van der Waals surface area contributed by atoms with Gasteiger partial charge in [-0.3, -0.25) is 9.36 Å². The molecular formula is C20H16N4O4. The van der Waals surface area contributed by atoms with Crippen LogP contribution in [0.25, 0.3) is 16.8 Å². The highest BCUT2D eigenvalue weighted by Crippen LogP contribution is 2.19. The summed E-state index contributed by atoms with van der Waals surface area (Å²) in [7, 11) is 0. The van der Waals surface area contributed by atoms with Crippen molar-refractivity contribution in [3.8, 4) is 11.6 Å². The lowest BCUT2D eigenvalue weighted by molar-refractivity contribution is -0.123. The van der Waals surface area contributed by atoms with Crippen LogP contribution in [-0.4, -0.2) is 27.0 Å². The number of nitrogens with zero attached hydrogens (tertiary/aromatic N) is 3. The largest absolute Gasteiger partial charge is 0.484 e.